The molecule has 0 aromatic heterocycles. The van der Waals surface area contributed by atoms with Crippen molar-refractivity contribution in [1.82, 2.24) is 0 Å². The SMILES string of the molecule is [O]CC(F)CO. The Balaban J connectivity index is 2.75. The summed E-state index contributed by atoms with van der Waals surface area (Å²) in [5.74, 6) is 0. The third kappa shape index (κ3) is 2.11. The fourth-order valence-electron chi connectivity index (χ4n) is 0.0527. The fraction of sp³-hybridized carbons (Fsp3) is 1.00. The van der Waals surface area contributed by atoms with Gasteiger partial charge in [0.2, 0.25) is 0 Å². The van der Waals surface area contributed by atoms with Gasteiger partial charge in [-0.15, -0.1) is 0 Å². The van der Waals surface area contributed by atoms with Gasteiger partial charge in [0.1, 0.15) is 12.8 Å². The van der Waals surface area contributed by atoms with Crippen LogP contribution in [0.5, 0.6) is 0 Å². The zero-order valence-corrected chi connectivity index (χ0v) is 3.22. The van der Waals surface area contributed by atoms with Gasteiger partial charge in [-0.3, -0.25) is 0 Å². The molecule has 2 nitrogen and oxygen atoms in total. The highest BCUT2D eigenvalue weighted by molar-refractivity contribution is 4.44. The lowest BCUT2D eigenvalue weighted by Crippen LogP contribution is -2.09. The standard InChI is InChI=1S/C3H6FO2/c4-3(1-5)2-6/h3,5H,1-2H2. The van der Waals surface area contributed by atoms with E-state index in [9.17, 15) is 9.50 Å². The Morgan fingerprint density at radius 1 is 1.83 bits per heavy atom. The molecular formula is C3H6FO2. The molecule has 0 rings (SSSR count). The van der Waals surface area contributed by atoms with Gasteiger partial charge in [0, 0.05) is 0 Å². The maximum atomic E-state index is 11.3. The average molecular weight is 93.1 g/mol. The second kappa shape index (κ2) is 3.06. The fourth-order valence-corrected chi connectivity index (χ4v) is 0.0527. The van der Waals surface area contributed by atoms with Crippen LogP contribution in [0.4, 0.5) is 4.39 Å². The van der Waals surface area contributed by atoms with E-state index in [0.717, 1.165) is 0 Å². The number of rotatable bonds is 2. The lowest BCUT2D eigenvalue weighted by atomic mass is 10.4. The van der Waals surface area contributed by atoms with Gasteiger partial charge in [0.25, 0.3) is 0 Å². The summed E-state index contributed by atoms with van der Waals surface area (Å²) in [4.78, 5) is 0. The molecule has 0 aromatic rings. The predicted molar refractivity (Wildman–Crippen MR) is 17.5 cm³/mol. The van der Waals surface area contributed by atoms with Crippen LogP contribution in [0, 0.1) is 0 Å². The largest absolute Gasteiger partial charge is 0.393 e. The number of halogens is 1. The average Bonchev–Trinajstić information content (AvgIpc) is 1.65. The molecular weight excluding hydrogens is 87.0 g/mol. The molecule has 3 heteroatoms. The van der Waals surface area contributed by atoms with Crippen LogP contribution in [0.15, 0.2) is 0 Å². The van der Waals surface area contributed by atoms with Gasteiger partial charge in [0.15, 0.2) is 0 Å². The van der Waals surface area contributed by atoms with Crippen LogP contribution in [0.2, 0.25) is 0 Å². The Hall–Kier alpha value is -0.150. The highest BCUT2D eigenvalue weighted by atomic mass is 19.1. The number of aliphatic hydroxyl groups excluding tert-OH is 1. The van der Waals surface area contributed by atoms with Crippen LogP contribution in [-0.2, 0) is 5.11 Å². The van der Waals surface area contributed by atoms with E-state index < -0.39 is 19.4 Å². The monoisotopic (exact) mass is 93.0 g/mol. The zero-order chi connectivity index (χ0) is 4.99. The summed E-state index contributed by atoms with van der Waals surface area (Å²) < 4.78 is 11.3. The highest BCUT2D eigenvalue weighted by Gasteiger charge is 1.98. The number of hydrogen-bond donors (Lipinski definition) is 1. The molecule has 0 saturated carbocycles. The molecule has 0 heterocycles. The molecule has 0 aliphatic heterocycles. The summed E-state index contributed by atoms with van der Waals surface area (Å²) in [5.41, 5.74) is 0. The van der Waals surface area contributed by atoms with E-state index in [1.807, 2.05) is 0 Å². The minimum Gasteiger partial charge on any atom is -0.393 e. The molecule has 1 unspecified atom stereocenters. The molecule has 1 N–H and O–H groups in total. The molecule has 0 aliphatic carbocycles. The van der Waals surface area contributed by atoms with Crippen molar-refractivity contribution >= 4 is 0 Å². The first kappa shape index (κ1) is 5.85. The highest BCUT2D eigenvalue weighted by Crippen LogP contribution is 1.82. The molecule has 0 aromatic carbocycles. The van der Waals surface area contributed by atoms with Gasteiger partial charge in [-0.05, 0) is 0 Å². The van der Waals surface area contributed by atoms with Crippen molar-refractivity contribution in [3.05, 3.63) is 0 Å². The molecule has 0 bridgehead atoms. The summed E-state index contributed by atoms with van der Waals surface area (Å²) in [6.45, 7) is -1.49. The van der Waals surface area contributed by atoms with Crippen LogP contribution in [0.3, 0.4) is 0 Å². The maximum absolute atomic E-state index is 11.3. The summed E-state index contributed by atoms with van der Waals surface area (Å²) in [5, 5.41) is 17.1. The Morgan fingerprint density at radius 2 is 2.33 bits per heavy atom. The minimum atomic E-state index is -1.56. The van der Waals surface area contributed by atoms with E-state index in [1.54, 1.807) is 0 Å². The lowest BCUT2D eigenvalue weighted by molar-refractivity contribution is 0.0732. The Morgan fingerprint density at radius 3 is 2.33 bits per heavy atom. The second-order valence-electron chi connectivity index (χ2n) is 0.947. The number of aliphatic hydroxyl groups is 1. The van der Waals surface area contributed by atoms with Gasteiger partial charge >= 0.3 is 0 Å². The Bertz CT molecular complexity index is 28.0. The zero-order valence-electron chi connectivity index (χ0n) is 3.22. The third-order valence-corrected chi connectivity index (χ3v) is 0.379. The van der Waals surface area contributed by atoms with Crippen LogP contribution in [0.25, 0.3) is 0 Å². The summed E-state index contributed by atoms with van der Waals surface area (Å²) in [6.07, 6.45) is -1.56. The van der Waals surface area contributed by atoms with Crippen molar-refractivity contribution in [3.63, 3.8) is 0 Å². The van der Waals surface area contributed by atoms with E-state index in [0.29, 0.717) is 0 Å². The molecule has 0 spiro atoms. The van der Waals surface area contributed by atoms with Gasteiger partial charge < -0.3 is 5.11 Å². The molecule has 0 aliphatic rings. The first-order chi connectivity index (χ1) is 2.81. The van der Waals surface area contributed by atoms with Crippen LogP contribution < -0.4 is 0 Å². The van der Waals surface area contributed by atoms with E-state index in [2.05, 4.69) is 0 Å². The van der Waals surface area contributed by atoms with Gasteiger partial charge in [-0.1, -0.05) is 0 Å². The van der Waals surface area contributed by atoms with E-state index in [1.165, 1.54) is 0 Å². The van der Waals surface area contributed by atoms with E-state index in [-0.39, 0.29) is 0 Å². The van der Waals surface area contributed by atoms with Crippen molar-refractivity contribution in [3.8, 4) is 0 Å². The van der Waals surface area contributed by atoms with Crippen molar-refractivity contribution in [2.45, 2.75) is 6.17 Å². The first-order valence-electron chi connectivity index (χ1n) is 1.64. The van der Waals surface area contributed by atoms with Crippen LogP contribution >= 0.6 is 0 Å². The molecule has 37 valence electrons. The Labute approximate surface area is 35.2 Å². The number of hydrogen-bond acceptors (Lipinski definition) is 1. The smallest absolute Gasteiger partial charge is 0.149 e. The summed E-state index contributed by atoms with van der Waals surface area (Å²) in [7, 11) is 0. The van der Waals surface area contributed by atoms with E-state index in [4.69, 9.17) is 5.11 Å². The molecule has 0 saturated heterocycles. The Kier molecular flexibility index (Phi) is 2.98. The van der Waals surface area contributed by atoms with Crippen molar-refractivity contribution < 1.29 is 14.6 Å². The first-order valence-corrected chi connectivity index (χ1v) is 1.64. The molecule has 0 fully saturated rings. The predicted octanol–water partition coefficient (Wildman–Crippen LogP) is -0.253. The third-order valence-electron chi connectivity index (χ3n) is 0.379. The lowest BCUT2D eigenvalue weighted by Gasteiger charge is -1.91. The quantitative estimate of drug-likeness (QED) is 0.502. The van der Waals surface area contributed by atoms with Gasteiger partial charge in [0.05, 0.1) is 6.61 Å². The van der Waals surface area contributed by atoms with Gasteiger partial charge in [-0.25, -0.2) is 9.50 Å². The molecule has 1 atom stereocenters. The van der Waals surface area contributed by atoms with Crippen LogP contribution in [-0.4, -0.2) is 24.5 Å². The maximum Gasteiger partial charge on any atom is 0.149 e. The summed E-state index contributed by atoms with van der Waals surface area (Å²) >= 11 is 0. The minimum absolute atomic E-state index is 0.649. The molecule has 6 heavy (non-hydrogen) atoms. The topological polar surface area (TPSA) is 40.1 Å². The van der Waals surface area contributed by atoms with Crippen LogP contribution in [0.1, 0.15) is 0 Å². The van der Waals surface area contributed by atoms with Crippen molar-refractivity contribution in [2.24, 2.45) is 0 Å². The molecule has 1 radical (unpaired) electrons. The van der Waals surface area contributed by atoms with E-state index >= 15 is 0 Å². The summed E-state index contributed by atoms with van der Waals surface area (Å²) in [6, 6.07) is 0. The number of alkyl halides is 1. The second-order valence-corrected chi connectivity index (χ2v) is 0.947. The molecule has 0 amide bonds. The van der Waals surface area contributed by atoms with Crippen molar-refractivity contribution in [1.29, 1.82) is 0 Å². The van der Waals surface area contributed by atoms with Crippen molar-refractivity contribution in [2.75, 3.05) is 13.2 Å². The van der Waals surface area contributed by atoms with Gasteiger partial charge in [-0.2, -0.15) is 0 Å². The normalized spacial score (nSPS) is 10.0.